The molecule has 0 aliphatic carbocycles. The average molecular weight is 537 g/mol. The molecule has 6 nitrogen and oxygen atoms in total. The lowest BCUT2D eigenvalue weighted by Gasteiger charge is -2.43. The molecule has 0 spiro atoms. The molecule has 200 valence electrons. The molecular formula is C29H24F4N4O2. The van der Waals surface area contributed by atoms with Gasteiger partial charge < -0.3 is 19.5 Å². The summed E-state index contributed by atoms with van der Waals surface area (Å²) in [4.78, 5) is 20.0. The summed E-state index contributed by atoms with van der Waals surface area (Å²) in [6.07, 6.45) is -5.06. The van der Waals surface area contributed by atoms with E-state index in [1.54, 1.807) is 6.07 Å². The Balaban J connectivity index is 1.51. The van der Waals surface area contributed by atoms with Crippen molar-refractivity contribution < 1.29 is 27.5 Å². The maximum atomic E-state index is 15.0. The van der Waals surface area contributed by atoms with Crippen molar-refractivity contribution in [2.45, 2.75) is 38.7 Å². The second-order valence-corrected chi connectivity index (χ2v) is 9.89. The number of carbonyl (C=O) groups is 1. The Morgan fingerprint density at radius 1 is 1.05 bits per heavy atom. The van der Waals surface area contributed by atoms with Gasteiger partial charge in [0, 0.05) is 40.9 Å². The van der Waals surface area contributed by atoms with Gasteiger partial charge in [-0.2, -0.15) is 13.2 Å². The zero-order chi connectivity index (χ0) is 27.5. The second-order valence-electron chi connectivity index (χ2n) is 9.89. The van der Waals surface area contributed by atoms with Crippen molar-refractivity contribution in [2.24, 2.45) is 4.99 Å². The Morgan fingerprint density at radius 2 is 1.85 bits per heavy atom. The van der Waals surface area contributed by atoms with Crippen LogP contribution in [-0.4, -0.2) is 33.0 Å². The predicted octanol–water partition coefficient (Wildman–Crippen LogP) is 6.65. The Kier molecular flexibility index (Phi) is 5.85. The van der Waals surface area contributed by atoms with E-state index in [1.807, 2.05) is 17.9 Å². The fourth-order valence-electron chi connectivity index (χ4n) is 5.58. The second kappa shape index (κ2) is 9.14. The first-order chi connectivity index (χ1) is 18.6. The predicted molar refractivity (Wildman–Crippen MR) is 139 cm³/mol. The summed E-state index contributed by atoms with van der Waals surface area (Å²) in [5.41, 5.74) is 2.75. The maximum absolute atomic E-state index is 15.0. The number of aliphatic carboxylic acids is 1. The summed E-state index contributed by atoms with van der Waals surface area (Å²) < 4.78 is 58.3. The summed E-state index contributed by atoms with van der Waals surface area (Å²) in [6, 6.07) is 16.3. The molecule has 1 unspecified atom stereocenters. The number of benzene rings is 3. The van der Waals surface area contributed by atoms with Crippen LogP contribution in [0.2, 0.25) is 0 Å². The van der Waals surface area contributed by atoms with E-state index in [-0.39, 0.29) is 17.3 Å². The number of aromatic nitrogens is 1. The van der Waals surface area contributed by atoms with Crippen molar-refractivity contribution in [1.82, 2.24) is 9.47 Å². The van der Waals surface area contributed by atoms with E-state index in [2.05, 4.69) is 27.8 Å². The van der Waals surface area contributed by atoms with Crippen molar-refractivity contribution in [3.8, 4) is 0 Å². The van der Waals surface area contributed by atoms with Crippen LogP contribution in [0.5, 0.6) is 0 Å². The molecule has 0 fully saturated rings. The maximum Gasteiger partial charge on any atom is 0.416 e. The number of aliphatic imine (C=N–C) groups is 1. The third-order valence-electron chi connectivity index (χ3n) is 7.31. The van der Waals surface area contributed by atoms with E-state index < -0.39 is 36.0 Å². The van der Waals surface area contributed by atoms with Crippen LogP contribution >= 0.6 is 0 Å². The third-order valence-corrected chi connectivity index (χ3v) is 7.31. The Bertz CT molecular complexity index is 1640. The normalized spacial score (nSPS) is 17.2. The van der Waals surface area contributed by atoms with E-state index in [1.165, 1.54) is 29.2 Å². The Hall–Kier alpha value is -4.34. The van der Waals surface area contributed by atoms with Crippen LogP contribution in [-0.2, 0) is 24.1 Å². The highest BCUT2D eigenvalue weighted by Crippen LogP contribution is 2.43. The van der Waals surface area contributed by atoms with Gasteiger partial charge in [-0.05, 0) is 49.4 Å². The van der Waals surface area contributed by atoms with E-state index >= 15 is 4.39 Å². The number of carboxylic acid groups (broad SMARTS) is 1. The SMILES string of the molecule is Cc1ccc2c(c1)cc1n2CCN(C2=Nc3c(F)cccc3C(CC(=O)O)N2c2cccc(C(F)(F)F)c2)C1. The van der Waals surface area contributed by atoms with Gasteiger partial charge in [0.25, 0.3) is 0 Å². The molecule has 2 aliphatic heterocycles. The van der Waals surface area contributed by atoms with Crippen molar-refractivity contribution >= 4 is 34.2 Å². The number of rotatable bonds is 3. The summed E-state index contributed by atoms with van der Waals surface area (Å²) in [7, 11) is 0. The van der Waals surface area contributed by atoms with E-state index in [0.717, 1.165) is 34.3 Å². The summed E-state index contributed by atoms with van der Waals surface area (Å²) >= 11 is 0. The molecule has 1 atom stereocenters. The molecule has 2 aliphatic rings. The highest BCUT2D eigenvalue weighted by molar-refractivity contribution is 6.01. The lowest BCUT2D eigenvalue weighted by atomic mass is 9.97. The number of anilines is 1. The number of fused-ring (bicyclic) bond motifs is 4. The molecule has 0 saturated carbocycles. The number of hydrogen-bond donors (Lipinski definition) is 1. The number of halogens is 4. The molecule has 0 saturated heterocycles. The van der Waals surface area contributed by atoms with Crippen LogP contribution in [0.25, 0.3) is 10.9 Å². The number of para-hydroxylation sites is 1. The molecule has 10 heteroatoms. The lowest BCUT2D eigenvalue weighted by Crippen LogP contribution is -2.50. The van der Waals surface area contributed by atoms with E-state index in [0.29, 0.717) is 25.2 Å². The largest absolute Gasteiger partial charge is 0.481 e. The number of nitrogens with zero attached hydrogens (tertiary/aromatic N) is 4. The van der Waals surface area contributed by atoms with Gasteiger partial charge in [-0.1, -0.05) is 29.8 Å². The molecule has 0 bridgehead atoms. The number of guanidine groups is 1. The fourth-order valence-corrected chi connectivity index (χ4v) is 5.58. The van der Waals surface area contributed by atoms with Crippen LogP contribution in [0.15, 0.2) is 71.7 Å². The van der Waals surface area contributed by atoms with Crippen LogP contribution in [0.3, 0.4) is 0 Å². The third kappa shape index (κ3) is 4.39. The number of hydrogen-bond acceptors (Lipinski definition) is 4. The minimum Gasteiger partial charge on any atom is -0.481 e. The Morgan fingerprint density at radius 3 is 2.62 bits per heavy atom. The van der Waals surface area contributed by atoms with Crippen molar-refractivity contribution in [1.29, 1.82) is 0 Å². The lowest BCUT2D eigenvalue weighted by molar-refractivity contribution is -0.138. The van der Waals surface area contributed by atoms with Gasteiger partial charge in [0.15, 0.2) is 0 Å². The van der Waals surface area contributed by atoms with Gasteiger partial charge in [-0.15, -0.1) is 0 Å². The van der Waals surface area contributed by atoms with E-state index in [9.17, 15) is 23.1 Å². The molecule has 0 amide bonds. The molecule has 1 aromatic heterocycles. The number of aryl methyl sites for hydroxylation is 1. The van der Waals surface area contributed by atoms with Gasteiger partial charge in [0.2, 0.25) is 5.96 Å². The first kappa shape index (κ1) is 25.0. The first-order valence-corrected chi connectivity index (χ1v) is 12.5. The molecule has 6 rings (SSSR count). The first-order valence-electron chi connectivity index (χ1n) is 12.5. The van der Waals surface area contributed by atoms with Crippen LogP contribution < -0.4 is 4.90 Å². The molecule has 0 radical (unpaired) electrons. The molecule has 39 heavy (non-hydrogen) atoms. The van der Waals surface area contributed by atoms with E-state index in [4.69, 9.17) is 0 Å². The monoisotopic (exact) mass is 536 g/mol. The molecule has 1 N–H and O–H groups in total. The van der Waals surface area contributed by atoms with Crippen molar-refractivity contribution in [3.05, 3.63) is 94.9 Å². The molecule has 4 aromatic rings. The highest BCUT2D eigenvalue weighted by Gasteiger charge is 2.39. The highest BCUT2D eigenvalue weighted by atomic mass is 19.4. The van der Waals surface area contributed by atoms with Crippen LogP contribution in [0.1, 0.15) is 34.8 Å². The van der Waals surface area contributed by atoms with Gasteiger partial charge >= 0.3 is 12.1 Å². The van der Waals surface area contributed by atoms with Gasteiger partial charge in [0.1, 0.15) is 11.5 Å². The minimum atomic E-state index is -4.60. The topological polar surface area (TPSA) is 61.1 Å². The van der Waals surface area contributed by atoms with Gasteiger partial charge in [0.05, 0.1) is 24.6 Å². The molecular weight excluding hydrogens is 512 g/mol. The van der Waals surface area contributed by atoms with Crippen LogP contribution in [0, 0.1) is 12.7 Å². The zero-order valence-corrected chi connectivity index (χ0v) is 20.9. The van der Waals surface area contributed by atoms with Crippen molar-refractivity contribution in [2.75, 3.05) is 11.4 Å². The zero-order valence-electron chi connectivity index (χ0n) is 20.9. The van der Waals surface area contributed by atoms with Gasteiger partial charge in [-0.3, -0.25) is 4.79 Å². The Labute approximate surface area is 221 Å². The van der Waals surface area contributed by atoms with Crippen molar-refractivity contribution in [3.63, 3.8) is 0 Å². The standard InChI is InChI=1S/C29H24F4N4O2/c1-17-8-9-24-18(12-17)13-21-16-35(10-11-36(21)24)28-34-27-22(6-3-7-23(27)30)25(15-26(38)39)37(28)20-5-2-4-19(14-20)29(31,32)33/h2-9,12-14,25H,10-11,15-16H2,1H3,(H,38,39). The molecule has 3 aromatic carbocycles. The fraction of sp³-hybridized carbons (Fsp3) is 0.241. The number of carboxylic acids is 1. The number of alkyl halides is 3. The van der Waals surface area contributed by atoms with Gasteiger partial charge in [-0.25, -0.2) is 9.38 Å². The minimum absolute atomic E-state index is 0.00344. The quantitative estimate of drug-likeness (QED) is 0.298. The summed E-state index contributed by atoms with van der Waals surface area (Å²) in [5, 5.41) is 10.9. The summed E-state index contributed by atoms with van der Waals surface area (Å²) in [6.45, 7) is 3.40. The smallest absolute Gasteiger partial charge is 0.416 e. The average Bonchev–Trinajstić information content (AvgIpc) is 3.25. The molecule has 3 heterocycles. The summed E-state index contributed by atoms with van der Waals surface area (Å²) in [5.74, 6) is -1.57. The van der Waals surface area contributed by atoms with Crippen LogP contribution in [0.4, 0.5) is 28.9 Å².